The van der Waals surface area contributed by atoms with Gasteiger partial charge >= 0.3 is 0 Å². The average Bonchev–Trinajstić information content (AvgIpc) is 2.03. The smallest absolute Gasteiger partial charge is 0.0582 e. The molecular formula is C11H23NS. The lowest BCUT2D eigenvalue weighted by Crippen LogP contribution is -2.47. The Labute approximate surface area is 87.3 Å². The summed E-state index contributed by atoms with van der Waals surface area (Å²) in [5.41, 5.74) is 0. The van der Waals surface area contributed by atoms with E-state index in [0.717, 1.165) is 17.2 Å². The van der Waals surface area contributed by atoms with Crippen LogP contribution in [0.1, 0.15) is 34.6 Å². The molecule has 13 heavy (non-hydrogen) atoms. The number of rotatable bonds is 2. The minimum atomic E-state index is 0.697. The molecule has 1 aliphatic heterocycles. The maximum Gasteiger partial charge on any atom is 0.0582 e. The molecular weight excluding hydrogens is 178 g/mol. The topological polar surface area (TPSA) is 3.24 Å². The predicted molar refractivity (Wildman–Crippen MR) is 62.1 cm³/mol. The molecule has 1 nitrogen and oxygen atoms in total. The molecule has 0 aromatic rings. The third-order valence-corrected chi connectivity index (χ3v) is 4.55. The Hall–Kier alpha value is 0.310. The van der Waals surface area contributed by atoms with Crippen molar-refractivity contribution in [2.75, 3.05) is 12.3 Å². The maximum absolute atomic E-state index is 2.66. The fraction of sp³-hybridized carbons (Fsp3) is 1.00. The summed E-state index contributed by atoms with van der Waals surface area (Å²) in [6, 6.07) is 0.697. The highest BCUT2D eigenvalue weighted by atomic mass is 32.2. The molecule has 0 bridgehead atoms. The third-order valence-electron chi connectivity index (χ3n) is 2.63. The first-order valence-electron chi connectivity index (χ1n) is 5.39. The molecule has 0 saturated carbocycles. The van der Waals surface area contributed by atoms with E-state index in [0.29, 0.717) is 6.04 Å². The van der Waals surface area contributed by atoms with Crippen molar-refractivity contribution in [3.8, 4) is 0 Å². The van der Waals surface area contributed by atoms with Crippen LogP contribution in [0.5, 0.6) is 0 Å². The summed E-state index contributed by atoms with van der Waals surface area (Å²) >= 11 is 2.14. The van der Waals surface area contributed by atoms with E-state index < -0.39 is 0 Å². The summed E-state index contributed by atoms with van der Waals surface area (Å²) in [5.74, 6) is 2.98. The van der Waals surface area contributed by atoms with Crippen molar-refractivity contribution in [2.45, 2.75) is 46.0 Å². The Balaban J connectivity index is 2.60. The Morgan fingerprint density at radius 3 is 2.31 bits per heavy atom. The molecule has 0 N–H and O–H groups in total. The van der Waals surface area contributed by atoms with E-state index in [1.165, 1.54) is 12.3 Å². The molecule has 0 aliphatic carbocycles. The van der Waals surface area contributed by atoms with Gasteiger partial charge in [-0.25, -0.2) is 0 Å². The first-order valence-corrected chi connectivity index (χ1v) is 6.44. The van der Waals surface area contributed by atoms with Crippen molar-refractivity contribution in [1.29, 1.82) is 0 Å². The van der Waals surface area contributed by atoms with Crippen molar-refractivity contribution in [3.05, 3.63) is 0 Å². The summed E-state index contributed by atoms with van der Waals surface area (Å²) < 4.78 is 0. The van der Waals surface area contributed by atoms with Gasteiger partial charge in [0.05, 0.1) is 5.37 Å². The van der Waals surface area contributed by atoms with Crippen LogP contribution in [0.3, 0.4) is 0 Å². The van der Waals surface area contributed by atoms with Gasteiger partial charge in [-0.2, -0.15) is 0 Å². The zero-order valence-corrected chi connectivity index (χ0v) is 10.4. The lowest BCUT2D eigenvalue weighted by molar-refractivity contribution is 0.148. The van der Waals surface area contributed by atoms with Gasteiger partial charge in [-0.1, -0.05) is 20.8 Å². The largest absolute Gasteiger partial charge is 0.289 e. The highest BCUT2D eigenvalue weighted by Gasteiger charge is 2.30. The van der Waals surface area contributed by atoms with Crippen molar-refractivity contribution >= 4 is 11.8 Å². The van der Waals surface area contributed by atoms with Gasteiger partial charge in [0.25, 0.3) is 0 Å². The second-order valence-corrected chi connectivity index (χ2v) is 6.01. The van der Waals surface area contributed by atoms with E-state index >= 15 is 0 Å². The van der Waals surface area contributed by atoms with Gasteiger partial charge in [0.15, 0.2) is 0 Å². The maximum atomic E-state index is 2.66. The molecule has 0 radical (unpaired) electrons. The van der Waals surface area contributed by atoms with E-state index in [2.05, 4.69) is 51.3 Å². The Bertz CT molecular complexity index is 156. The summed E-state index contributed by atoms with van der Waals surface area (Å²) in [4.78, 5) is 2.66. The highest BCUT2D eigenvalue weighted by molar-refractivity contribution is 7.99. The Kier molecular flexibility index (Phi) is 4.11. The second kappa shape index (κ2) is 4.70. The van der Waals surface area contributed by atoms with Crippen LogP contribution in [-0.2, 0) is 0 Å². The van der Waals surface area contributed by atoms with Crippen LogP contribution in [0, 0.1) is 11.8 Å². The molecule has 1 aliphatic rings. The van der Waals surface area contributed by atoms with Crippen LogP contribution in [0.4, 0.5) is 0 Å². The van der Waals surface area contributed by atoms with Crippen molar-refractivity contribution < 1.29 is 0 Å². The first-order chi connectivity index (χ1) is 6.02. The molecule has 78 valence electrons. The summed E-state index contributed by atoms with van der Waals surface area (Å²) in [5, 5.41) is 0.746. The number of thioether (sulfide) groups is 1. The molecule has 1 rings (SSSR count). The van der Waals surface area contributed by atoms with E-state index in [9.17, 15) is 0 Å². The molecule has 1 saturated heterocycles. The summed E-state index contributed by atoms with van der Waals surface area (Å²) in [7, 11) is 0. The number of hydrogen-bond acceptors (Lipinski definition) is 2. The van der Waals surface area contributed by atoms with Gasteiger partial charge in [0.1, 0.15) is 0 Å². The van der Waals surface area contributed by atoms with Gasteiger partial charge in [0, 0.05) is 12.6 Å². The van der Waals surface area contributed by atoms with Crippen molar-refractivity contribution in [3.63, 3.8) is 0 Å². The molecule has 2 atom stereocenters. The minimum Gasteiger partial charge on any atom is -0.289 e. The van der Waals surface area contributed by atoms with Gasteiger partial charge in [-0.05, 0) is 31.4 Å². The minimum absolute atomic E-state index is 0.697. The fourth-order valence-corrected chi connectivity index (χ4v) is 3.49. The zero-order valence-electron chi connectivity index (χ0n) is 9.58. The monoisotopic (exact) mass is 201 g/mol. The third kappa shape index (κ3) is 2.88. The Morgan fingerprint density at radius 1 is 1.23 bits per heavy atom. The summed E-state index contributed by atoms with van der Waals surface area (Å²) in [6.45, 7) is 12.9. The molecule has 2 unspecified atom stereocenters. The van der Waals surface area contributed by atoms with E-state index in [1.54, 1.807) is 0 Å². The average molecular weight is 201 g/mol. The molecule has 2 heteroatoms. The van der Waals surface area contributed by atoms with Gasteiger partial charge in [0.2, 0.25) is 0 Å². The standard InChI is InChI=1S/C11H23NS/c1-8(2)11-12(9(3)4)6-10(5)7-13-11/h8-11H,6-7H2,1-5H3. The first kappa shape index (κ1) is 11.4. The molecule has 0 aromatic heterocycles. The summed E-state index contributed by atoms with van der Waals surface area (Å²) in [6.07, 6.45) is 0. The van der Waals surface area contributed by atoms with Gasteiger partial charge < -0.3 is 0 Å². The quantitative estimate of drug-likeness (QED) is 0.675. The van der Waals surface area contributed by atoms with Crippen molar-refractivity contribution in [1.82, 2.24) is 4.90 Å². The lowest BCUT2D eigenvalue weighted by atomic mass is 10.1. The van der Waals surface area contributed by atoms with Crippen LogP contribution in [0.15, 0.2) is 0 Å². The van der Waals surface area contributed by atoms with Crippen LogP contribution < -0.4 is 0 Å². The van der Waals surface area contributed by atoms with Crippen LogP contribution in [0.2, 0.25) is 0 Å². The SMILES string of the molecule is CC1CSC(C(C)C)N(C(C)C)C1. The predicted octanol–water partition coefficient (Wildman–Crippen LogP) is 3.06. The number of nitrogens with zero attached hydrogens (tertiary/aromatic N) is 1. The van der Waals surface area contributed by atoms with Gasteiger partial charge in [-0.3, -0.25) is 4.90 Å². The molecule has 1 fully saturated rings. The van der Waals surface area contributed by atoms with Gasteiger partial charge in [-0.15, -0.1) is 11.8 Å². The fourth-order valence-electron chi connectivity index (χ4n) is 1.96. The molecule has 0 aromatic carbocycles. The zero-order chi connectivity index (χ0) is 10.0. The normalized spacial score (nSPS) is 31.6. The Morgan fingerprint density at radius 2 is 1.85 bits per heavy atom. The lowest BCUT2D eigenvalue weighted by Gasteiger charge is -2.42. The van der Waals surface area contributed by atoms with Crippen LogP contribution in [0.25, 0.3) is 0 Å². The van der Waals surface area contributed by atoms with Crippen LogP contribution >= 0.6 is 11.8 Å². The molecule has 0 amide bonds. The highest BCUT2D eigenvalue weighted by Crippen LogP contribution is 2.32. The molecule has 1 heterocycles. The van der Waals surface area contributed by atoms with Crippen molar-refractivity contribution in [2.24, 2.45) is 11.8 Å². The second-order valence-electron chi connectivity index (χ2n) is 4.86. The molecule has 0 spiro atoms. The van der Waals surface area contributed by atoms with E-state index in [1.807, 2.05) is 0 Å². The van der Waals surface area contributed by atoms with E-state index in [4.69, 9.17) is 0 Å². The number of hydrogen-bond donors (Lipinski definition) is 0. The van der Waals surface area contributed by atoms with Crippen LogP contribution in [-0.4, -0.2) is 28.6 Å². The van der Waals surface area contributed by atoms with E-state index in [-0.39, 0.29) is 0 Å².